The predicted octanol–water partition coefficient (Wildman–Crippen LogP) is 4.09. The number of nitrogens with one attached hydrogen (secondary N) is 2. The number of carbonyl (C=O) groups is 1. The van der Waals surface area contributed by atoms with Crippen molar-refractivity contribution in [2.24, 2.45) is 5.92 Å². The fraction of sp³-hybridized carbons (Fsp3) is 0.364. The number of aryl methyl sites for hydroxylation is 2. The molecule has 3 aromatic rings. The normalized spacial score (nSPS) is 15.8. The Bertz CT molecular complexity index is 1210. The van der Waals surface area contributed by atoms with Crippen LogP contribution in [0, 0.1) is 19.8 Å². The molecule has 7 nitrogen and oxygen atoms in total. The molecule has 1 aromatic heterocycles. The van der Waals surface area contributed by atoms with Crippen LogP contribution in [0.4, 0.5) is 5.13 Å². The maximum Gasteiger partial charge on any atom is 0.269 e. The number of nitrogens with zero attached hydrogens (tertiary/aromatic N) is 2. The summed E-state index contributed by atoms with van der Waals surface area (Å²) in [7, 11) is -3.53. The van der Waals surface area contributed by atoms with E-state index in [0.29, 0.717) is 29.7 Å². The molecule has 1 amide bonds. The summed E-state index contributed by atoms with van der Waals surface area (Å²) in [5, 5.41) is 0.593. The number of benzene rings is 2. The molecule has 1 aliphatic heterocycles. The molecule has 0 bridgehead atoms. The topological polar surface area (TPSA) is 91.4 Å². The fourth-order valence-corrected chi connectivity index (χ4v) is 5.96. The van der Waals surface area contributed by atoms with E-state index in [1.54, 1.807) is 0 Å². The SMILES string of the molecule is Cc1ccc2sc(NNC(=O)c3ccc(S(=O)(=O)N4CCC(C)CC4)cc3)nc2c1C. The van der Waals surface area contributed by atoms with E-state index in [2.05, 4.69) is 28.8 Å². The number of rotatable bonds is 5. The Morgan fingerprint density at radius 3 is 2.45 bits per heavy atom. The lowest BCUT2D eigenvalue weighted by atomic mass is 10.0. The molecule has 0 unspecified atom stereocenters. The number of anilines is 1. The molecule has 0 atom stereocenters. The van der Waals surface area contributed by atoms with Crippen LogP contribution in [0.2, 0.25) is 0 Å². The van der Waals surface area contributed by atoms with Gasteiger partial charge in [-0.15, -0.1) is 0 Å². The van der Waals surface area contributed by atoms with E-state index >= 15 is 0 Å². The zero-order valence-corrected chi connectivity index (χ0v) is 19.4. The molecule has 0 radical (unpaired) electrons. The highest BCUT2D eigenvalue weighted by Gasteiger charge is 2.28. The highest BCUT2D eigenvalue weighted by molar-refractivity contribution is 7.89. The third-order valence-corrected chi connectivity index (χ3v) is 8.71. The van der Waals surface area contributed by atoms with Crippen LogP contribution in [0.1, 0.15) is 41.3 Å². The van der Waals surface area contributed by atoms with Crippen LogP contribution in [-0.4, -0.2) is 36.7 Å². The van der Waals surface area contributed by atoms with Gasteiger partial charge in [-0.1, -0.05) is 24.3 Å². The van der Waals surface area contributed by atoms with E-state index in [9.17, 15) is 13.2 Å². The van der Waals surface area contributed by atoms with Crippen molar-refractivity contribution >= 4 is 42.6 Å². The second-order valence-corrected chi connectivity index (χ2v) is 11.0. The van der Waals surface area contributed by atoms with Crippen LogP contribution in [0.15, 0.2) is 41.3 Å². The molecule has 1 saturated heterocycles. The Hall–Kier alpha value is -2.49. The van der Waals surface area contributed by atoms with Gasteiger partial charge in [0.25, 0.3) is 5.91 Å². The van der Waals surface area contributed by atoms with Crippen LogP contribution in [0.3, 0.4) is 0 Å². The summed E-state index contributed by atoms with van der Waals surface area (Å²) < 4.78 is 28.2. The molecule has 1 aliphatic rings. The van der Waals surface area contributed by atoms with E-state index in [1.165, 1.54) is 45.5 Å². The second kappa shape index (κ2) is 8.57. The van der Waals surface area contributed by atoms with Crippen molar-refractivity contribution in [1.29, 1.82) is 0 Å². The number of carbonyl (C=O) groups excluding carboxylic acids is 1. The highest BCUT2D eigenvalue weighted by atomic mass is 32.2. The first-order valence-electron chi connectivity index (χ1n) is 10.3. The number of thiazole rings is 1. The number of amides is 1. The average Bonchev–Trinajstić information content (AvgIpc) is 3.19. The van der Waals surface area contributed by atoms with E-state index in [-0.39, 0.29) is 10.8 Å². The number of piperidine rings is 1. The summed E-state index contributed by atoms with van der Waals surface area (Å²) in [5.74, 6) is 0.191. The van der Waals surface area contributed by atoms with Gasteiger partial charge < -0.3 is 0 Å². The van der Waals surface area contributed by atoms with Gasteiger partial charge in [-0.25, -0.2) is 13.4 Å². The summed E-state index contributed by atoms with van der Waals surface area (Å²) in [4.78, 5) is 17.3. The zero-order valence-electron chi connectivity index (χ0n) is 17.8. The first-order chi connectivity index (χ1) is 14.8. The zero-order chi connectivity index (χ0) is 22.2. The van der Waals surface area contributed by atoms with Crippen molar-refractivity contribution < 1.29 is 13.2 Å². The summed E-state index contributed by atoms with van der Waals surface area (Å²) >= 11 is 1.46. The molecular formula is C22H26N4O3S2. The molecule has 31 heavy (non-hydrogen) atoms. The Morgan fingerprint density at radius 1 is 1.10 bits per heavy atom. The van der Waals surface area contributed by atoms with E-state index in [0.717, 1.165) is 28.6 Å². The Labute approximate surface area is 186 Å². The van der Waals surface area contributed by atoms with E-state index in [1.807, 2.05) is 19.9 Å². The fourth-order valence-electron chi connectivity index (χ4n) is 3.61. The van der Waals surface area contributed by atoms with Crippen LogP contribution in [-0.2, 0) is 10.0 Å². The smallest absolute Gasteiger partial charge is 0.269 e. The summed E-state index contributed by atoms with van der Waals surface area (Å²) in [6.07, 6.45) is 1.74. The maximum atomic E-state index is 12.8. The van der Waals surface area contributed by atoms with Crippen LogP contribution in [0.5, 0.6) is 0 Å². The first-order valence-corrected chi connectivity index (χ1v) is 12.5. The van der Waals surface area contributed by atoms with E-state index < -0.39 is 10.0 Å². The standard InChI is InChI=1S/C22H26N4O3S2/c1-14-10-12-26(13-11-14)31(28,29)18-7-5-17(6-8-18)21(27)24-25-22-23-20-16(3)15(2)4-9-19(20)30-22/h4-9,14H,10-13H2,1-3H3,(H,23,25)(H,24,27). The second-order valence-electron chi connectivity index (χ2n) is 8.06. The average molecular weight is 459 g/mol. The Balaban J connectivity index is 1.42. The predicted molar refractivity (Wildman–Crippen MR) is 124 cm³/mol. The molecule has 164 valence electrons. The van der Waals surface area contributed by atoms with Crippen LogP contribution >= 0.6 is 11.3 Å². The summed E-state index contributed by atoms with van der Waals surface area (Å²) in [5.41, 5.74) is 9.07. The molecule has 1 fully saturated rings. The third kappa shape index (κ3) is 4.44. The first kappa shape index (κ1) is 21.7. The lowest BCUT2D eigenvalue weighted by Gasteiger charge is -2.29. The van der Waals surface area contributed by atoms with Crippen LogP contribution in [0.25, 0.3) is 10.2 Å². The van der Waals surface area contributed by atoms with Gasteiger partial charge in [0.15, 0.2) is 0 Å². The number of hydrazine groups is 1. The molecular weight excluding hydrogens is 432 g/mol. The van der Waals surface area contributed by atoms with Gasteiger partial charge >= 0.3 is 0 Å². The molecule has 2 heterocycles. The van der Waals surface area contributed by atoms with Crippen molar-refractivity contribution in [2.45, 2.75) is 38.5 Å². The minimum Gasteiger partial charge on any atom is -0.273 e. The van der Waals surface area contributed by atoms with Crippen LogP contribution < -0.4 is 10.9 Å². The molecule has 0 aliphatic carbocycles. The Morgan fingerprint density at radius 2 is 1.77 bits per heavy atom. The van der Waals surface area contributed by atoms with Gasteiger partial charge in [0.2, 0.25) is 15.2 Å². The maximum absolute atomic E-state index is 12.8. The summed E-state index contributed by atoms with van der Waals surface area (Å²) in [6.45, 7) is 7.29. The molecule has 2 aromatic carbocycles. The number of aromatic nitrogens is 1. The highest BCUT2D eigenvalue weighted by Crippen LogP contribution is 2.29. The molecule has 0 saturated carbocycles. The third-order valence-electron chi connectivity index (χ3n) is 5.86. The van der Waals surface area contributed by atoms with Gasteiger partial charge in [0, 0.05) is 18.7 Å². The summed E-state index contributed by atoms with van der Waals surface area (Å²) in [6, 6.07) is 10.1. The van der Waals surface area contributed by atoms with Gasteiger partial charge in [-0.05, 0) is 74.1 Å². The Kier molecular flexibility index (Phi) is 6.00. The number of hydrogen-bond donors (Lipinski definition) is 2. The minimum absolute atomic E-state index is 0.212. The van der Waals surface area contributed by atoms with Gasteiger partial charge in [-0.2, -0.15) is 4.31 Å². The quantitative estimate of drug-likeness (QED) is 0.562. The van der Waals surface area contributed by atoms with Gasteiger partial charge in [0.1, 0.15) is 0 Å². The number of fused-ring (bicyclic) bond motifs is 1. The molecule has 2 N–H and O–H groups in total. The molecule has 0 spiro atoms. The largest absolute Gasteiger partial charge is 0.273 e. The van der Waals surface area contributed by atoms with Crippen molar-refractivity contribution in [3.8, 4) is 0 Å². The lowest BCUT2D eigenvalue weighted by molar-refractivity contribution is 0.0962. The number of hydrogen-bond acceptors (Lipinski definition) is 6. The van der Waals surface area contributed by atoms with E-state index in [4.69, 9.17) is 0 Å². The van der Waals surface area contributed by atoms with Crippen molar-refractivity contribution in [2.75, 3.05) is 18.5 Å². The van der Waals surface area contributed by atoms with Crippen molar-refractivity contribution in [1.82, 2.24) is 14.7 Å². The number of sulfonamides is 1. The monoisotopic (exact) mass is 458 g/mol. The van der Waals surface area contributed by atoms with Crippen molar-refractivity contribution in [3.05, 3.63) is 53.1 Å². The molecule has 9 heteroatoms. The minimum atomic E-state index is -3.53. The van der Waals surface area contributed by atoms with Gasteiger partial charge in [-0.3, -0.25) is 15.6 Å². The molecule has 4 rings (SSSR count). The lowest BCUT2D eigenvalue weighted by Crippen LogP contribution is -2.37. The van der Waals surface area contributed by atoms with Gasteiger partial charge in [0.05, 0.1) is 15.1 Å². The van der Waals surface area contributed by atoms with Crippen molar-refractivity contribution in [3.63, 3.8) is 0 Å².